The molecule has 3 N–H and O–H groups in total. The lowest BCUT2D eigenvalue weighted by atomic mass is 10.0. The van der Waals surface area contributed by atoms with Crippen molar-refractivity contribution >= 4 is 16.7 Å². The molecule has 0 atom stereocenters. The van der Waals surface area contributed by atoms with E-state index < -0.39 is 0 Å². The van der Waals surface area contributed by atoms with Gasteiger partial charge in [0.25, 0.3) is 0 Å². The maximum atomic E-state index is 10.5. The number of nitrogens with one attached hydrogen (secondary N) is 1. The minimum absolute atomic E-state index is 0.0458. The van der Waals surface area contributed by atoms with Crippen LogP contribution in [0.15, 0.2) is 54.7 Å². The van der Waals surface area contributed by atoms with Crippen molar-refractivity contribution in [1.29, 1.82) is 0 Å². The molecule has 4 aromatic rings. The Morgan fingerprint density at radius 1 is 0.933 bits per heavy atom. The fourth-order valence-corrected chi connectivity index (χ4v) is 3.90. The van der Waals surface area contributed by atoms with Crippen LogP contribution in [0.3, 0.4) is 0 Å². The molecule has 1 aliphatic heterocycles. The van der Waals surface area contributed by atoms with Gasteiger partial charge in [0, 0.05) is 43.6 Å². The minimum Gasteiger partial charge on any atom is -0.507 e. The van der Waals surface area contributed by atoms with E-state index in [2.05, 4.69) is 43.9 Å². The van der Waals surface area contributed by atoms with Crippen LogP contribution in [0, 0.1) is 0 Å². The van der Waals surface area contributed by atoms with Gasteiger partial charge in [-0.25, -0.2) is 9.97 Å². The zero-order valence-corrected chi connectivity index (χ0v) is 16.7. The van der Waals surface area contributed by atoms with E-state index in [0.717, 1.165) is 42.8 Å². The van der Waals surface area contributed by atoms with E-state index in [1.165, 1.54) is 11.9 Å². The summed E-state index contributed by atoms with van der Waals surface area (Å²) in [5.41, 5.74) is 4.88. The van der Waals surface area contributed by atoms with Crippen LogP contribution in [0.4, 0.5) is 5.69 Å². The number of rotatable bonds is 3. The van der Waals surface area contributed by atoms with Crippen LogP contribution in [0.25, 0.3) is 33.5 Å². The number of fused-ring (bicyclic) bond motifs is 1. The number of benzene rings is 2. The van der Waals surface area contributed by atoms with Gasteiger partial charge in [-0.3, -0.25) is 0 Å². The van der Waals surface area contributed by atoms with Crippen LogP contribution in [-0.4, -0.2) is 63.3 Å². The molecule has 0 aliphatic carbocycles. The van der Waals surface area contributed by atoms with Gasteiger partial charge in [0.15, 0.2) is 0 Å². The molecule has 2 aromatic heterocycles. The molecule has 0 bridgehead atoms. The molecule has 0 unspecified atom stereocenters. The Balaban J connectivity index is 1.52. The van der Waals surface area contributed by atoms with Crippen molar-refractivity contribution in [3.05, 3.63) is 54.7 Å². The Labute approximate surface area is 174 Å². The Morgan fingerprint density at radius 2 is 1.77 bits per heavy atom. The summed E-state index contributed by atoms with van der Waals surface area (Å²) in [6.45, 7) is 4.10. The molecule has 2 aromatic carbocycles. The predicted octanol–water partition coefficient (Wildman–Crippen LogP) is 3.45. The van der Waals surface area contributed by atoms with Crippen molar-refractivity contribution in [2.45, 2.75) is 0 Å². The van der Waals surface area contributed by atoms with E-state index in [0.29, 0.717) is 17.0 Å². The summed E-state index contributed by atoms with van der Waals surface area (Å²) in [6, 6.07) is 15.0. The third-order valence-corrected chi connectivity index (χ3v) is 5.68. The summed E-state index contributed by atoms with van der Waals surface area (Å²) in [7, 11) is 2.15. The molecule has 3 heterocycles. The first-order chi connectivity index (χ1) is 14.6. The number of imidazole rings is 1. The summed E-state index contributed by atoms with van der Waals surface area (Å²) >= 11 is 0. The second-order valence-electron chi connectivity index (χ2n) is 7.68. The van der Waals surface area contributed by atoms with Gasteiger partial charge in [-0.1, -0.05) is 6.07 Å². The zero-order valence-electron chi connectivity index (χ0n) is 16.7. The summed E-state index contributed by atoms with van der Waals surface area (Å²) in [5.74, 6) is 0.666. The number of pyridine rings is 1. The number of piperazine rings is 1. The van der Waals surface area contributed by atoms with Crippen LogP contribution in [0.2, 0.25) is 0 Å². The smallest absolute Gasteiger partial charge is 0.218 e. The molecule has 1 aliphatic rings. The van der Waals surface area contributed by atoms with Crippen LogP contribution in [0.1, 0.15) is 0 Å². The number of aromatic nitrogens is 3. The summed E-state index contributed by atoms with van der Waals surface area (Å²) in [6.07, 6.45) is 1.54. The fraction of sp³-hybridized carbons (Fsp3) is 0.217. The Bertz CT molecular complexity index is 1210. The highest BCUT2D eigenvalue weighted by Crippen LogP contribution is 2.35. The van der Waals surface area contributed by atoms with E-state index >= 15 is 0 Å². The van der Waals surface area contributed by atoms with Crippen molar-refractivity contribution < 1.29 is 10.2 Å². The standard InChI is InChI=1S/C23H23N5O2/c1-27-9-11-28(12-10-27)16-5-6-19-20(14-16)26-22(25-19)18-13-15(4-7-21(18)29)17-3-2-8-24-23(17)30/h2-8,13-14,29H,9-12H2,1H3,(H,24,30)(H,25,26). The predicted molar refractivity (Wildman–Crippen MR) is 118 cm³/mol. The molecule has 0 saturated carbocycles. The van der Waals surface area contributed by atoms with Gasteiger partial charge in [0.1, 0.15) is 11.6 Å². The molecule has 7 heteroatoms. The number of H-pyrrole nitrogens is 1. The molecular formula is C23H23N5O2. The first kappa shape index (κ1) is 18.4. The molecule has 30 heavy (non-hydrogen) atoms. The molecule has 0 amide bonds. The van der Waals surface area contributed by atoms with E-state index in [4.69, 9.17) is 0 Å². The molecule has 0 spiro atoms. The Hall–Kier alpha value is -3.58. The third-order valence-electron chi connectivity index (χ3n) is 5.68. The highest BCUT2D eigenvalue weighted by molar-refractivity contribution is 5.85. The average Bonchev–Trinajstić information content (AvgIpc) is 3.18. The number of aromatic amines is 1. The summed E-state index contributed by atoms with van der Waals surface area (Å²) in [5, 5.41) is 20.5. The number of likely N-dealkylation sites (N-methyl/N-ethyl adjacent to an activating group) is 1. The van der Waals surface area contributed by atoms with Crippen LogP contribution >= 0.6 is 0 Å². The SMILES string of the molecule is CN1CCN(c2ccc3nc(-c4cc(-c5cccnc5O)ccc4O)[nH]c3c2)CC1. The number of hydrogen-bond donors (Lipinski definition) is 3. The number of phenolic OH excluding ortho intramolecular Hbond substituents is 1. The quantitative estimate of drug-likeness (QED) is 0.487. The Kier molecular flexibility index (Phi) is 4.52. The number of hydrogen-bond acceptors (Lipinski definition) is 6. The van der Waals surface area contributed by atoms with Crippen LogP contribution in [-0.2, 0) is 0 Å². The normalized spacial score (nSPS) is 15.0. The first-order valence-electron chi connectivity index (χ1n) is 9.99. The fourth-order valence-electron chi connectivity index (χ4n) is 3.90. The van der Waals surface area contributed by atoms with Gasteiger partial charge in [-0.15, -0.1) is 0 Å². The maximum absolute atomic E-state index is 10.5. The molecule has 7 nitrogen and oxygen atoms in total. The molecule has 0 radical (unpaired) electrons. The summed E-state index contributed by atoms with van der Waals surface area (Å²) in [4.78, 5) is 16.7. The van der Waals surface area contributed by atoms with Crippen LogP contribution in [0.5, 0.6) is 11.6 Å². The van der Waals surface area contributed by atoms with E-state index in [9.17, 15) is 10.2 Å². The van der Waals surface area contributed by atoms with Crippen molar-refractivity contribution in [2.24, 2.45) is 0 Å². The highest BCUT2D eigenvalue weighted by atomic mass is 16.3. The van der Waals surface area contributed by atoms with Gasteiger partial charge >= 0.3 is 0 Å². The highest BCUT2D eigenvalue weighted by Gasteiger charge is 2.17. The monoisotopic (exact) mass is 401 g/mol. The zero-order chi connectivity index (χ0) is 20.7. The number of nitrogens with zero attached hydrogens (tertiary/aromatic N) is 4. The van der Waals surface area contributed by atoms with Gasteiger partial charge in [0.05, 0.1) is 16.6 Å². The maximum Gasteiger partial charge on any atom is 0.218 e. The lowest BCUT2D eigenvalue weighted by molar-refractivity contribution is 0.313. The number of phenols is 1. The van der Waals surface area contributed by atoms with Crippen molar-refractivity contribution in [1.82, 2.24) is 19.9 Å². The summed E-state index contributed by atoms with van der Waals surface area (Å²) < 4.78 is 0. The van der Waals surface area contributed by atoms with Gasteiger partial charge < -0.3 is 25.0 Å². The lowest BCUT2D eigenvalue weighted by Gasteiger charge is -2.34. The first-order valence-corrected chi connectivity index (χ1v) is 9.99. The van der Waals surface area contributed by atoms with E-state index in [-0.39, 0.29) is 11.6 Å². The lowest BCUT2D eigenvalue weighted by Crippen LogP contribution is -2.44. The second-order valence-corrected chi connectivity index (χ2v) is 7.68. The van der Waals surface area contributed by atoms with Gasteiger partial charge in [0.2, 0.25) is 5.88 Å². The van der Waals surface area contributed by atoms with E-state index in [1.54, 1.807) is 24.3 Å². The largest absolute Gasteiger partial charge is 0.507 e. The molecule has 152 valence electrons. The van der Waals surface area contributed by atoms with Crippen molar-refractivity contribution in [2.75, 3.05) is 38.1 Å². The average molecular weight is 401 g/mol. The number of anilines is 1. The molecule has 1 fully saturated rings. The van der Waals surface area contributed by atoms with Crippen molar-refractivity contribution in [3.8, 4) is 34.1 Å². The van der Waals surface area contributed by atoms with Crippen molar-refractivity contribution in [3.63, 3.8) is 0 Å². The third kappa shape index (κ3) is 3.33. The van der Waals surface area contributed by atoms with Gasteiger partial charge in [-0.2, -0.15) is 0 Å². The minimum atomic E-state index is -0.0458. The molecule has 1 saturated heterocycles. The Morgan fingerprint density at radius 3 is 2.57 bits per heavy atom. The second kappa shape index (κ2) is 7.35. The molecule has 5 rings (SSSR count). The number of aromatic hydroxyl groups is 2. The van der Waals surface area contributed by atoms with E-state index in [1.807, 2.05) is 12.1 Å². The van der Waals surface area contributed by atoms with Crippen LogP contribution < -0.4 is 4.90 Å². The topological polar surface area (TPSA) is 88.5 Å². The molecular weight excluding hydrogens is 378 g/mol. The van der Waals surface area contributed by atoms with Gasteiger partial charge in [-0.05, 0) is 55.1 Å².